The van der Waals surface area contributed by atoms with Crippen molar-refractivity contribution in [3.05, 3.63) is 52.9 Å². The zero-order valence-electron chi connectivity index (χ0n) is 16.8. The molecule has 0 spiro atoms. The minimum Gasteiger partial charge on any atom is -0.477 e. The number of carboxylic acids is 1. The van der Waals surface area contributed by atoms with Crippen molar-refractivity contribution in [3.63, 3.8) is 0 Å². The van der Waals surface area contributed by atoms with Crippen molar-refractivity contribution in [3.8, 4) is 0 Å². The second-order valence-corrected chi connectivity index (χ2v) is 8.85. The van der Waals surface area contributed by atoms with Crippen LogP contribution in [0.4, 0.5) is 5.13 Å². The fraction of sp³-hybridized carbons (Fsp3) is 0.263. The number of carbonyl (C=O) groups is 3. The number of nitrogens with one attached hydrogen (secondary N) is 1. The van der Waals surface area contributed by atoms with E-state index in [1.165, 1.54) is 23.8 Å². The predicted molar refractivity (Wildman–Crippen MR) is 116 cm³/mol. The molecule has 2 aliphatic rings. The Morgan fingerprint density at radius 3 is 2.78 bits per heavy atom. The number of rotatable bonds is 7. The lowest BCUT2D eigenvalue weighted by molar-refractivity contribution is -0.689. The summed E-state index contributed by atoms with van der Waals surface area (Å²) >= 11 is 2.53. The number of carboxylic acid groups (broad SMARTS) is 1. The van der Waals surface area contributed by atoms with E-state index in [4.69, 9.17) is 10.6 Å². The third kappa shape index (κ3) is 4.03. The maximum absolute atomic E-state index is 12.9. The average Bonchev–Trinajstić information content (AvgIpc) is 3.21. The molecule has 166 valence electrons. The summed E-state index contributed by atoms with van der Waals surface area (Å²) in [5.74, 6) is -1.94. The Morgan fingerprint density at radius 2 is 2.16 bits per heavy atom. The number of nitrogens with zero attached hydrogens (tertiary/aromatic N) is 4. The number of thiazole rings is 1. The number of nitrogens with two attached hydrogens (primary N) is 1. The van der Waals surface area contributed by atoms with Gasteiger partial charge in [-0.3, -0.25) is 14.5 Å². The number of nitrogen functional groups attached to an aromatic ring is 1. The Bertz CT molecular complexity index is 1130. The lowest BCUT2D eigenvalue weighted by Crippen LogP contribution is -2.71. The standard InChI is InChI=1S/C19H18N6O5S2/c1-30-23-12(11-9-32-19(20)21-11)15(26)22-13-16(27)25-14(18(28)29)10(8-31-17(13)25)7-24-5-3-2-4-6-24/h2-6,9,13,17H,7-8H2,1H3,(H3-,20,21,22,26,28,29)/p+1/t13-,17+/m1/s1. The minimum absolute atomic E-state index is 0.0429. The van der Waals surface area contributed by atoms with Crippen molar-refractivity contribution in [2.45, 2.75) is 18.0 Å². The molecule has 0 radical (unpaired) electrons. The first-order valence-corrected chi connectivity index (χ1v) is 11.3. The Hall–Kier alpha value is -3.45. The van der Waals surface area contributed by atoms with E-state index >= 15 is 0 Å². The fourth-order valence-corrected chi connectivity index (χ4v) is 5.35. The van der Waals surface area contributed by atoms with Gasteiger partial charge < -0.3 is 21.0 Å². The number of carbonyl (C=O) groups excluding carboxylic acids is 2. The Balaban J connectivity index is 1.53. The number of aromatic nitrogens is 2. The highest BCUT2D eigenvalue weighted by atomic mass is 32.2. The first kappa shape index (κ1) is 21.8. The van der Waals surface area contributed by atoms with E-state index in [-0.39, 0.29) is 22.2 Å². The summed E-state index contributed by atoms with van der Waals surface area (Å²) in [6.45, 7) is 0.346. The predicted octanol–water partition coefficient (Wildman–Crippen LogP) is -0.198. The molecule has 2 aromatic rings. The molecule has 32 heavy (non-hydrogen) atoms. The van der Waals surface area contributed by atoms with Gasteiger partial charge >= 0.3 is 5.97 Å². The number of amides is 2. The second-order valence-electron chi connectivity index (χ2n) is 6.86. The maximum Gasteiger partial charge on any atom is 0.352 e. The van der Waals surface area contributed by atoms with E-state index in [1.54, 1.807) is 5.38 Å². The van der Waals surface area contributed by atoms with Crippen LogP contribution in [0.1, 0.15) is 5.69 Å². The van der Waals surface area contributed by atoms with Gasteiger partial charge in [-0.1, -0.05) is 11.2 Å². The summed E-state index contributed by atoms with van der Waals surface area (Å²) in [5, 5.41) is 17.4. The number of oxime groups is 1. The van der Waals surface area contributed by atoms with E-state index in [9.17, 15) is 19.5 Å². The molecule has 0 aliphatic carbocycles. The number of fused-ring (bicyclic) bond motifs is 1. The zero-order chi connectivity index (χ0) is 22.8. The molecule has 4 N–H and O–H groups in total. The van der Waals surface area contributed by atoms with E-state index in [1.807, 2.05) is 35.2 Å². The molecule has 4 heterocycles. The van der Waals surface area contributed by atoms with Gasteiger partial charge in [-0.15, -0.1) is 23.1 Å². The van der Waals surface area contributed by atoms with Gasteiger partial charge in [0.05, 0.1) is 0 Å². The third-order valence-corrected chi connectivity index (χ3v) is 6.86. The first-order chi connectivity index (χ1) is 15.4. The molecule has 2 amide bonds. The molecule has 4 rings (SSSR count). The van der Waals surface area contributed by atoms with E-state index in [2.05, 4.69) is 15.5 Å². The molecule has 0 bridgehead atoms. The smallest absolute Gasteiger partial charge is 0.352 e. The van der Waals surface area contributed by atoms with Crippen molar-refractivity contribution in [1.82, 2.24) is 15.2 Å². The van der Waals surface area contributed by atoms with Crippen molar-refractivity contribution in [2.24, 2.45) is 5.16 Å². The lowest BCUT2D eigenvalue weighted by Gasteiger charge is -2.49. The Morgan fingerprint density at radius 1 is 1.41 bits per heavy atom. The van der Waals surface area contributed by atoms with Crippen molar-refractivity contribution in [1.29, 1.82) is 0 Å². The number of aliphatic carboxylic acids is 1. The molecule has 11 nitrogen and oxygen atoms in total. The highest BCUT2D eigenvalue weighted by Gasteiger charge is 2.54. The van der Waals surface area contributed by atoms with Gasteiger partial charge in [0.2, 0.25) is 0 Å². The summed E-state index contributed by atoms with van der Waals surface area (Å²) in [4.78, 5) is 47.6. The molecule has 0 aromatic carbocycles. The molecule has 2 atom stereocenters. The van der Waals surface area contributed by atoms with Crippen molar-refractivity contribution < 1.29 is 28.9 Å². The summed E-state index contributed by atoms with van der Waals surface area (Å²) in [6.07, 6.45) is 3.65. The topological polar surface area (TPSA) is 151 Å². The fourth-order valence-electron chi connectivity index (χ4n) is 3.47. The molecule has 0 saturated carbocycles. The normalized spacial score (nSPS) is 20.5. The highest BCUT2D eigenvalue weighted by molar-refractivity contribution is 8.00. The highest BCUT2D eigenvalue weighted by Crippen LogP contribution is 2.40. The number of thioether (sulfide) groups is 1. The van der Waals surface area contributed by atoms with E-state index in [0.29, 0.717) is 17.9 Å². The zero-order valence-corrected chi connectivity index (χ0v) is 18.4. The van der Waals surface area contributed by atoms with Crippen molar-refractivity contribution in [2.75, 3.05) is 18.6 Å². The number of hydrogen-bond donors (Lipinski definition) is 3. The quantitative estimate of drug-likeness (QED) is 0.216. The molecular weight excluding hydrogens is 456 g/mol. The Labute approximate surface area is 190 Å². The first-order valence-electron chi connectivity index (χ1n) is 9.38. The van der Waals surface area contributed by atoms with Crippen LogP contribution < -0.4 is 15.6 Å². The largest absolute Gasteiger partial charge is 0.477 e. The van der Waals surface area contributed by atoms with E-state index in [0.717, 1.165) is 11.3 Å². The van der Waals surface area contributed by atoms with E-state index < -0.39 is 29.2 Å². The van der Waals surface area contributed by atoms with Crippen LogP contribution in [0.25, 0.3) is 0 Å². The van der Waals surface area contributed by atoms with Gasteiger partial charge in [0.15, 0.2) is 29.8 Å². The lowest BCUT2D eigenvalue weighted by atomic mass is 10.0. The third-order valence-electron chi connectivity index (χ3n) is 4.85. The molecule has 0 unspecified atom stereocenters. The van der Waals surface area contributed by atoms with Gasteiger partial charge in [0.1, 0.15) is 29.9 Å². The maximum atomic E-state index is 12.9. The van der Waals surface area contributed by atoms with Crippen LogP contribution in [0.15, 0.2) is 52.4 Å². The van der Waals surface area contributed by atoms with Crippen molar-refractivity contribution >= 4 is 51.7 Å². The van der Waals surface area contributed by atoms with Crippen LogP contribution in [-0.2, 0) is 25.8 Å². The van der Waals surface area contributed by atoms with Gasteiger partial charge in [0.25, 0.3) is 11.8 Å². The summed E-state index contributed by atoms with van der Waals surface area (Å²) < 4.78 is 1.84. The van der Waals surface area contributed by atoms with Crippen LogP contribution in [-0.4, -0.2) is 62.8 Å². The van der Waals surface area contributed by atoms with Gasteiger partial charge in [-0.2, -0.15) is 0 Å². The molecule has 1 saturated heterocycles. The molecule has 13 heteroatoms. The number of hydrogen-bond acceptors (Lipinski definition) is 9. The van der Waals surface area contributed by atoms with Crippen LogP contribution >= 0.6 is 23.1 Å². The SMILES string of the molecule is CON=C(C(=O)N[C@@H]1C(=O)N2C(C(=O)O)=C(C[n+]3ccccc3)CS[C@@H]12)c1csc(N)n1. The van der Waals surface area contributed by atoms with Crippen LogP contribution in [0, 0.1) is 0 Å². The number of pyridine rings is 1. The molecular formula is C19H19N6O5S2+. The number of β-lactam (4-membered cyclic amide) rings is 1. The average molecular weight is 476 g/mol. The van der Waals surface area contributed by atoms with Crippen LogP contribution in [0.2, 0.25) is 0 Å². The summed E-state index contributed by atoms with van der Waals surface area (Å²) in [6, 6.07) is 4.65. The molecule has 1 fully saturated rings. The molecule has 2 aliphatic heterocycles. The van der Waals surface area contributed by atoms with Gasteiger partial charge in [-0.25, -0.2) is 14.3 Å². The minimum atomic E-state index is -1.18. The summed E-state index contributed by atoms with van der Waals surface area (Å²) in [7, 11) is 1.28. The van der Waals surface area contributed by atoms with Gasteiger partial charge in [0, 0.05) is 28.8 Å². The second kappa shape index (κ2) is 8.96. The Kier molecular flexibility index (Phi) is 6.10. The summed E-state index contributed by atoms with van der Waals surface area (Å²) in [5.41, 5.74) is 6.30. The monoisotopic (exact) mass is 475 g/mol. The van der Waals surface area contributed by atoms with Crippen LogP contribution in [0.5, 0.6) is 0 Å². The molecule has 2 aromatic heterocycles. The number of anilines is 1. The van der Waals surface area contributed by atoms with Crippen LogP contribution in [0.3, 0.4) is 0 Å². The van der Waals surface area contributed by atoms with Gasteiger partial charge in [-0.05, 0) is 0 Å².